The molecule has 19 heavy (non-hydrogen) atoms. The Balaban J connectivity index is 2.14. The predicted molar refractivity (Wildman–Crippen MR) is 66.1 cm³/mol. The van der Waals surface area contributed by atoms with Crippen molar-refractivity contribution in [1.29, 1.82) is 0 Å². The Kier molecular flexibility index (Phi) is 2.28. The van der Waals surface area contributed by atoms with Crippen molar-refractivity contribution < 1.29 is 14.7 Å². The lowest BCUT2D eigenvalue weighted by Crippen LogP contribution is -2.12. The van der Waals surface area contributed by atoms with E-state index >= 15 is 0 Å². The summed E-state index contributed by atoms with van der Waals surface area (Å²) in [7, 11) is 0. The first kappa shape index (κ1) is 11.3. The van der Waals surface area contributed by atoms with Crippen LogP contribution in [0.3, 0.4) is 0 Å². The molecule has 1 aliphatic rings. The number of aromatic carboxylic acids is 1. The molecule has 0 saturated heterocycles. The first-order valence-electron chi connectivity index (χ1n) is 5.53. The van der Waals surface area contributed by atoms with E-state index in [1.165, 1.54) is 0 Å². The first-order valence-corrected chi connectivity index (χ1v) is 5.53. The molecule has 0 unspecified atom stereocenters. The number of hydrogen-bond acceptors (Lipinski definition) is 3. The maximum absolute atomic E-state index is 11.4. The standard InChI is InChI=1S/C12H9N3O4/c16-8-4-6-3-5(1-2-7(6)13-8)10-9(12(18)19)11(17)15-14-10/h1-3H,4H2,(H,13,16)(H,18,19)(H2,14,15,17). The normalized spacial score (nSPS) is 13.2. The molecule has 0 bridgehead atoms. The summed E-state index contributed by atoms with van der Waals surface area (Å²) < 4.78 is 0. The fraction of sp³-hybridized carbons (Fsp3) is 0.0833. The SMILES string of the molecule is O=C1Cc2cc(-c3[nH][nH]c(=O)c3C(=O)O)ccc2N1. The number of H-pyrrole nitrogens is 2. The zero-order valence-corrected chi connectivity index (χ0v) is 9.61. The molecule has 0 spiro atoms. The van der Waals surface area contributed by atoms with Crippen LogP contribution < -0.4 is 10.9 Å². The van der Waals surface area contributed by atoms with Crippen LogP contribution in [0.15, 0.2) is 23.0 Å². The minimum atomic E-state index is -1.30. The summed E-state index contributed by atoms with van der Waals surface area (Å²) in [5.74, 6) is -1.40. The van der Waals surface area contributed by atoms with Crippen molar-refractivity contribution in [3.63, 3.8) is 0 Å². The molecule has 0 atom stereocenters. The number of amides is 1. The van der Waals surface area contributed by atoms with Gasteiger partial charge < -0.3 is 10.4 Å². The van der Waals surface area contributed by atoms with Gasteiger partial charge in [-0.3, -0.25) is 19.8 Å². The Bertz CT molecular complexity index is 757. The fourth-order valence-corrected chi connectivity index (χ4v) is 2.16. The number of carboxylic acids is 1. The molecule has 1 aromatic heterocycles. The molecule has 7 nitrogen and oxygen atoms in total. The molecule has 2 heterocycles. The molecule has 1 aromatic carbocycles. The van der Waals surface area contributed by atoms with Gasteiger partial charge in [0.1, 0.15) is 0 Å². The van der Waals surface area contributed by atoms with Gasteiger partial charge in [-0.1, -0.05) is 6.07 Å². The third kappa shape index (κ3) is 1.71. The number of benzene rings is 1. The maximum Gasteiger partial charge on any atom is 0.343 e. The second-order valence-corrected chi connectivity index (χ2v) is 4.23. The number of hydrogen-bond donors (Lipinski definition) is 4. The van der Waals surface area contributed by atoms with E-state index in [-0.39, 0.29) is 23.6 Å². The van der Waals surface area contributed by atoms with Gasteiger partial charge in [0.2, 0.25) is 5.91 Å². The summed E-state index contributed by atoms with van der Waals surface area (Å²) in [6, 6.07) is 5.03. The monoisotopic (exact) mass is 259 g/mol. The van der Waals surface area contributed by atoms with Crippen LogP contribution in [-0.4, -0.2) is 27.2 Å². The highest BCUT2D eigenvalue weighted by atomic mass is 16.4. The van der Waals surface area contributed by atoms with Gasteiger partial charge in [-0.25, -0.2) is 4.79 Å². The van der Waals surface area contributed by atoms with Crippen molar-refractivity contribution >= 4 is 17.6 Å². The average Bonchev–Trinajstić information content (AvgIpc) is 2.89. The Morgan fingerprint density at radius 3 is 2.74 bits per heavy atom. The minimum absolute atomic E-state index is 0.104. The Hall–Kier alpha value is -2.83. The van der Waals surface area contributed by atoms with Gasteiger partial charge in [0.15, 0.2) is 5.56 Å². The molecule has 4 N–H and O–H groups in total. The molecular weight excluding hydrogens is 250 g/mol. The number of fused-ring (bicyclic) bond motifs is 1. The molecule has 1 aliphatic heterocycles. The third-order valence-corrected chi connectivity index (χ3v) is 3.01. The number of carbonyl (C=O) groups excluding carboxylic acids is 1. The molecule has 0 saturated carbocycles. The summed E-state index contributed by atoms with van der Waals surface area (Å²) in [4.78, 5) is 33.7. The van der Waals surface area contributed by atoms with E-state index in [9.17, 15) is 14.4 Å². The molecule has 0 fully saturated rings. The molecular formula is C12H9N3O4. The van der Waals surface area contributed by atoms with Crippen molar-refractivity contribution in [1.82, 2.24) is 10.2 Å². The van der Waals surface area contributed by atoms with Crippen LogP contribution in [0.1, 0.15) is 15.9 Å². The molecule has 96 valence electrons. The van der Waals surface area contributed by atoms with E-state index in [0.29, 0.717) is 11.3 Å². The van der Waals surface area contributed by atoms with Gasteiger partial charge in [-0.2, -0.15) is 0 Å². The van der Waals surface area contributed by atoms with E-state index in [4.69, 9.17) is 5.11 Å². The lowest BCUT2D eigenvalue weighted by atomic mass is 10.0. The van der Waals surface area contributed by atoms with Crippen molar-refractivity contribution in [3.05, 3.63) is 39.7 Å². The highest BCUT2D eigenvalue weighted by molar-refractivity contribution is 6.00. The lowest BCUT2D eigenvalue weighted by molar-refractivity contribution is -0.115. The van der Waals surface area contributed by atoms with E-state index in [1.54, 1.807) is 18.2 Å². The van der Waals surface area contributed by atoms with Gasteiger partial charge in [-0.05, 0) is 17.7 Å². The van der Waals surface area contributed by atoms with Crippen molar-refractivity contribution in [2.75, 3.05) is 5.32 Å². The Labute approximate surface area is 106 Å². The van der Waals surface area contributed by atoms with Crippen LogP contribution in [-0.2, 0) is 11.2 Å². The number of nitrogens with one attached hydrogen (secondary N) is 3. The molecule has 3 rings (SSSR count). The van der Waals surface area contributed by atoms with Gasteiger partial charge in [0.05, 0.1) is 12.1 Å². The largest absolute Gasteiger partial charge is 0.477 e. The second kappa shape index (κ2) is 3.84. The fourth-order valence-electron chi connectivity index (χ4n) is 2.16. The van der Waals surface area contributed by atoms with E-state index in [0.717, 1.165) is 5.56 Å². The number of rotatable bonds is 2. The Morgan fingerprint density at radius 1 is 1.21 bits per heavy atom. The van der Waals surface area contributed by atoms with Crippen LogP contribution in [0.25, 0.3) is 11.3 Å². The highest BCUT2D eigenvalue weighted by Crippen LogP contribution is 2.28. The first-order chi connectivity index (χ1) is 9.06. The van der Waals surface area contributed by atoms with Gasteiger partial charge in [-0.15, -0.1) is 0 Å². The summed E-state index contributed by atoms with van der Waals surface area (Å²) in [5, 5.41) is 16.5. The van der Waals surface area contributed by atoms with Crippen LogP contribution in [0.5, 0.6) is 0 Å². The maximum atomic E-state index is 11.4. The second-order valence-electron chi connectivity index (χ2n) is 4.23. The van der Waals surface area contributed by atoms with Crippen molar-refractivity contribution in [3.8, 4) is 11.3 Å². The summed E-state index contributed by atoms with van der Waals surface area (Å²) in [5.41, 5.74) is 1.23. The van der Waals surface area contributed by atoms with Crippen molar-refractivity contribution in [2.24, 2.45) is 0 Å². The van der Waals surface area contributed by atoms with Crippen LogP contribution in [0.4, 0.5) is 5.69 Å². The number of aromatic amines is 2. The van der Waals surface area contributed by atoms with Gasteiger partial charge >= 0.3 is 5.97 Å². The molecule has 0 radical (unpaired) electrons. The summed E-state index contributed by atoms with van der Waals surface area (Å²) in [6.07, 6.45) is 0.250. The molecule has 1 amide bonds. The average molecular weight is 259 g/mol. The van der Waals surface area contributed by atoms with Crippen molar-refractivity contribution in [2.45, 2.75) is 6.42 Å². The number of carboxylic acid groups (broad SMARTS) is 1. The quantitative estimate of drug-likeness (QED) is 0.630. The zero-order chi connectivity index (χ0) is 13.6. The van der Waals surface area contributed by atoms with Crippen LogP contribution in [0.2, 0.25) is 0 Å². The summed E-state index contributed by atoms with van der Waals surface area (Å²) in [6.45, 7) is 0. The number of anilines is 1. The van der Waals surface area contributed by atoms with Crippen LogP contribution in [0, 0.1) is 0 Å². The topological polar surface area (TPSA) is 115 Å². The number of aromatic nitrogens is 2. The Morgan fingerprint density at radius 2 is 2.00 bits per heavy atom. The molecule has 2 aromatic rings. The smallest absolute Gasteiger partial charge is 0.343 e. The highest BCUT2D eigenvalue weighted by Gasteiger charge is 2.22. The molecule has 0 aliphatic carbocycles. The lowest BCUT2D eigenvalue weighted by Gasteiger charge is -2.03. The van der Waals surface area contributed by atoms with E-state index in [2.05, 4.69) is 15.5 Å². The van der Waals surface area contributed by atoms with Gasteiger partial charge in [0, 0.05) is 11.3 Å². The molecule has 7 heteroatoms. The predicted octanol–water partition coefficient (Wildman–Crippen LogP) is 0.563. The zero-order valence-electron chi connectivity index (χ0n) is 9.61. The van der Waals surface area contributed by atoms with Crippen LogP contribution >= 0.6 is 0 Å². The van der Waals surface area contributed by atoms with E-state index < -0.39 is 11.5 Å². The van der Waals surface area contributed by atoms with Gasteiger partial charge in [0.25, 0.3) is 5.56 Å². The minimum Gasteiger partial charge on any atom is -0.477 e. The third-order valence-electron chi connectivity index (χ3n) is 3.01. The summed E-state index contributed by atoms with van der Waals surface area (Å²) >= 11 is 0. The number of carbonyl (C=O) groups is 2. The van der Waals surface area contributed by atoms with E-state index in [1.807, 2.05) is 0 Å².